The maximum absolute atomic E-state index is 12.8. The maximum Gasteiger partial charge on any atom is 0.322 e. The Balaban J connectivity index is 1.68. The Bertz CT molecular complexity index is 614. The van der Waals surface area contributed by atoms with E-state index in [4.69, 9.17) is 9.47 Å². The number of hydrogen-bond donors (Lipinski definition) is 1. The Morgan fingerprint density at radius 3 is 2.48 bits per heavy atom. The summed E-state index contributed by atoms with van der Waals surface area (Å²) >= 11 is 0. The van der Waals surface area contributed by atoms with E-state index in [9.17, 15) is 4.79 Å². The van der Waals surface area contributed by atoms with Crippen molar-refractivity contribution in [1.29, 1.82) is 0 Å². The minimum absolute atomic E-state index is 0.0167. The number of anilines is 1. The van der Waals surface area contributed by atoms with Gasteiger partial charge in [-0.2, -0.15) is 0 Å². The van der Waals surface area contributed by atoms with Crippen LogP contribution in [-0.2, 0) is 0 Å². The highest BCUT2D eigenvalue weighted by Gasteiger charge is 2.31. The number of carbonyl (C=O) groups excluding carboxylic acids is 1. The van der Waals surface area contributed by atoms with Gasteiger partial charge >= 0.3 is 6.03 Å². The average Bonchev–Trinajstić information content (AvgIpc) is 3.28. The summed E-state index contributed by atoms with van der Waals surface area (Å²) in [5, 5.41) is 3.07. The molecule has 6 nitrogen and oxygen atoms in total. The van der Waals surface area contributed by atoms with Crippen LogP contribution in [0, 0.1) is 6.92 Å². The lowest BCUT2D eigenvalue weighted by molar-refractivity contribution is 0.186. The zero-order valence-corrected chi connectivity index (χ0v) is 15.5. The molecule has 2 heterocycles. The molecule has 2 aliphatic rings. The third-order valence-corrected chi connectivity index (χ3v) is 5.28. The van der Waals surface area contributed by atoms with E-state index in [0.29, 0.717) is 17.5 Å². The lowest BCUT2D eigenvalue weighted by Crippen LogP contribution is -2.44. The fourth-order valence-electron chi connectivity index (χ4n) is 3.86. The highest BCUT2D eigenvalue weighted by atomic mass is 16.5. The van der Waals surface area contributed by atoms with Crippen LogP contribution in [0.15, 0.2) is 12.1 Å². The van der Waals surface area contributed by atoms with Gasteiger partial charge in [0.05, 0.1) is 14.2 Å². The first kappa shape index (κ1) is 17.9. The SMILES string of the molecule is COc1cc(C)c(NC(=O)N2CCC[C@@H]2CN2CCCC2)cc1OC. The van der Waals surface area contributed by atoms with Crippen LogP contribution in [0.25, 0.3) is 0 Å². The van der Waals surface area contributed by atoms with Gasteiger partial charge in [-0.25, -0.2) is 4.79 Å². The van der Waals surface area contributed by atoms with Gasteiger partial charge in [0.25, 0.3) is 0 Å². The smallest absolute Gasteiger partial charge is 0.322 e. The van der Waals surface area contributed by atoms with Gasteiger partial charge in [-0.1, -0.05) is 0 Å². The van der Waals surface area contributed by atoms with Gasteiger partial charge < -0.3 is 24.6 Å². The normalized spacial score (nSPS) is 20.8. The van der Waals surface area contributed by atoms with Crippen LogP contribution in [0.5, 0.6) is 11.5 Å². The predicted molar refractivity (Wildman–Crippen MR) is 98.7 cm³/mol. The quantitative estimate of drug-likeness (QED) is 0.889. The van der Waals surface area contributed by atoms with Gasteiger partial charge in [-0.15, -0.1) is 0 Å². The molecule has 1 N–H and O–H groups in total. The number of amides is 2. The molecule has 0 bridgehead atoms. The number of likely N-dealkylation sites (tertiary alicyclic amines) is 2. The molecule has 25 heavy (non-hydrogen) atoms. The summed E-state index contributed by atoms with van der Waals surface area (Å²) in [6, 6.07) is 4.02. The minimum Gasteiger partial charge on any atom is -0.493 e. The molecule has 0 aromatic heterocycles. The number of benzene rings is 1. The van der Waals surface area contributed by atoms with E-state index in [0.717, 1.165) is 37.2 Å². The van der Waals surface area contributed by atoms with Gasteiger partial charge in [0.15, 0.2) is 11.5 Å². The zero-order chi connectivity index (χ0) is 17.8. The van der Waals surface area contributed by atoms with E-state index in [2.05, 4.69) is 10.2 Å². The van der Waals surface area contributed by atoms with Crippen LogP contribution in [-0.4, -0.2) is 62.3 Å². The molecule has 0 radical (unpaired) electrons. The Hall–Kier alpha value is -1.95. The van der Waals surface area contributed by atoms with Crippen LogP contribution in [0.2, 0.25) is 0 Å². The van der Waals surface area contributed by atoms with Gasteiger partial charge in [-0.3, -0.25) is 0 Å². The van der Waals surface area contributed by atoms with Crippen molar-refractivity contribution in [3.63, 3.8) is 0 Å². The monoisotopic (exact) mass is 347 g/mol. The largest absolute Gasteiger partial charge is 0.493 e. The van der Waals surface area contributed by atoms with Gasteiger partial charge in [0, 0.05) is 30.9 Å². The highest BCUT2D eigenvalue weighted by molar-refractivity contribution is 5.91. The Labute approximate surface area is 150 Å². The molecule has 138 valence electrons. The molecule has 0 saturated carbocycles. The summed E-state index contributed by atoms with van der Waals surface area (Å²) in [5.41, 5.74) is 1.73. The van der Waals surface area contributed by atoms with Crippen LogP contribution in [0.3, 0.4) is 0 Å². The zero-order valence-electron chi connectivity index (χ0n) is 15.5. The molecule has 2 saturated heterocycles. The number of carbonyl (C=O) groups is 1. The maximum atomic E-state index is 12.8. The molecule has 0 spiro atoms. The van der Waals surface area contributed by atoms with Crippen molar-refractivity contribution in [2.45, 2.75) is 38.6 Å². The number of aryl methyl sites for hydroxylation is 1. The molecule has 2 fully saturated rings. The number of hydrogen-bond acceptors (Lipinski definition) is 4. The summed E-state index contributed by atoms with van der Waals surface area (Å²) in [4.78, 5) is 17.3. The molecule has 1 aromatic carbocycles. The molecule has 2 amide bonds. The molecule has 0 aliphatic carbocycles. The second-order valence-electron chi connectivity index (χ2n) is 6.95. The second kappa shape index (κ2) is 7.95. The van der Waals surface area contributed by atoms with Crippen molar-refractivity contribution in [2.75, 3.05) is 45.7 Å². The van der Waals surface area contributed by atoms with Crippen LogP contribution < -0.4 is 14.8 Å². The van der Waals surface area contributed by atoms with Crippen molar-refractivity contribution in [3.05, 3.63) is 17.7 Å². The number of methoxy groups -OCH3 is 2. The van der Waals surface area contributed by atoms with E-state index in [-0.39, 0.29) is 6.03 Å². The molecular weight excluding hydrogens is 318 g/mol. The van der Waals surface area contributed by atoms with E-state index in [1.165, 1.54) is 25.9 Å². The Kier molecular flexibility index (Phi) is 5.68. The first-order chi connectivity index (χ1) is 12.1. The molecule has 0 unspecified atom stereocenters. The van der Waals surface area contributed by atoms with Crippen LogP contribution in [0.4, 0.5) is 10.5 Å². The fourth-order valence-corrected chi connectivity index (χ4v) is 3.86. The summed E-state index contributed by atoms with van der Waals surface area (Å²) in [7, 11) is 3.22. The molecular formula is C19H29N3O3. The summed E-state index contributed by atoms with van der Waals surface area (Å²) < 4.78 is 10.7. The van der Waals surface area contributed by atoms with Crippen molar-refractivity contribution >= 4 is 11.7 Å². The third-order valence-electron chi connectivity index (χ3n) is 5.28. The van der Waals surface area contributed by atoms with Gasteiger partial charge in [0.1, 0.15) is 0 Å². The number of urea groups is 1. The molecule has 1 atom stereocenters. The Morgan fingerprint density at radius 1 is 1.12 bits per heavy atom. The van der Waals surface area contributed by atoms with E-state index >= 15 is 0 Å². The number of rotatable bonds is 5. The number of nitrogens with one attached hydrogen (secondary N) is 1. The molecule has 2 aliphatic heterocycles. The van der Waals surface area contributed by atoms with Crippen molar-refractivity contribution in [3.8, 4) is 11.5 Å². The topological polar surface area (TPSA) is 54.0 Å². The summed E-state index contributed by atoms with van der Waals surface area (Å²) in [6.45, 7) is 6.12. The minimum atomic E-state index is -0.0167. The lowest BCUT2D eigenvalue weighted by Gasteiger charge is -2.29. The standard InChI is InChI=1S/C19H29N3O3/c1-14-11-17(24-2)18(25-3)12-16(14)20-19(23)22-10-6-7-15(22)13-21-8-4-5-9-21/h11-12,15H,4-10,13H2,1-3H3,(H,20,23)/t15-/m1/s1. The van der Waals surface area contributed by atoms with Crippen molar-refractivity contribution in [1.82, 2.24) is 9.80 Å². The third kappa shape index (κ3) is 4.00. The van der Waals surface area contributed by atoms with Crippen molar-refractivity contribution < 1.29 is 14.3 Å². The predicted octanol–water partition coefficient (Wildman–Crippen LogP) is 3.10. The van der Waals surface area contributed by atoms with E-state index in [1.807, 2.05) is 24.0 Å². The summed E-state index contributed by atoms with van der Waals surface area (Å²) in [5.74, 6) is 1.30. The molecule has 1 aromatic rings. The van der Waals surface area contributed by atoms with E-state index < -0.39 is 0 Å². The molecule has 6 heteroatoms. The Morgan fingerprint density at radius 2 is 1.80 bits per heavy atom. The van der Waals surface area contributed by atoms with Crippen molar-refractivity contribution in [2.24, 2.45) is 0 Å². The second-order valence-corrected chi connectivity index (χ2v) is 6.95. The molecule has 3 rings (SSSR count). The van der Waals surface area contributed by atoms with Gasteiger partial charge in [0.2, 0.25) is 0 Å². The van der Waals surface area contributed by atoms with Crippen LogP contribution in [0.1, 0.15) is 31.2 Å². The first-order valence-electron chi connectivity index (χ1n) is 9.15. The highest BCUT2D eigenvalue weighted by Crippen LogP contribution is 2.33. The number of nitrogens with zero attached hydrogens (tertiary/aromatic N) is 2. The van der Waals surface area contributed by atoms with Gasteiger partial charge in [-0.05, 0) is 57.3 Å². The first-order valence-corrected chi connectivity index (χ1v) is 9.15. The summed E-state index contributed by atoms with van der Waals surface area (Å²) in [6.07, 6.45) is 4.74. The average molecular weight is 347 g/mol. The van der Waals surface area contributed by atoms with Crippen LogP contribution >= 0.6 is 0 Å². The lowest BCUT2D eigenvalue weighted by atomic mass is 10.1. The van der Waals surface area contributed by atoms with E-state index in [1.54, 1.807) is 14.2 Å². The number of ether oxygens (including phenoxy) is 2. The fraction of sp³-hybridized carbons (Fsp3) is 0.632.